The molecule has 0 heteroatoms. The highest BCUT2D eigenvalue weighted by Gasteiger charge is 1.84. The van der Waals surface area contributed by atoms with E-state index in [9.17, 15) is 0 Å². The average Bonchev–Trinajstić information content (AvgIpc) is 1.96. The topological polar surface area (TPSA) is 0 Å². The van der Waals surface area contributed by atoms with Gasteiger partial charge in [0, 0.05) is 6.42 Å². The van der Waals surface area contributed by atoms with Crippen LogP contribution in [0.25, 0.3) is 0 Å². The molecule has 0 aliphatic heterocycles. The summed E-state index contributed by atoms with van der Waals surface area (Å²) >= 11 is 0. The van der Waals surface area contributed by atoms with Gasteiger partial charge in [-0.15, -0.1) is 6.58 Å². The predicted molar refractivity (Wildman–Crippen MR) is 52.2 cm³/mol. The van der Waals surface area contributed by atoms with Gasteiger partial charge in [0.15, 0.2) is 0 Å². The highest BCUT2D eigenvalue weighted by atomic mass is 13.9. The molecule has 0 unspecified atom stereocenters. The maximum Gasteiger partial charge on any atom is 0.00446 e. The van der Waals surface area contributed by atoms with Gasteiger partial charge in [0.1, 0.15) is 0 Å². The van der Waals surface area contributed by atoms with Crippen LogP contribution in [-0.2, 0) is 0 Å². The molecule has 0 saturated heterocycles. The van der Waals surface area contributed by atoms with Gasteiger partial charge in [-0.2, -0.15) is 0 Å². The zero-order chi connectivity index (χ0) is 8.53. The average molecular weight is 149 g/mol. The van der Waals surface area contributed by atoms with Gasteiger partial charge < -0.3 is 0 Å². The van der Waals surface area contributed by atoms with E-state index in [1.165, 1.54) is 0 Å². The summed E-state index contributed by atoms with van der Waals surface area (Å²) in [6.07, 6.45) is 13.1. The Kier molecular flexibility index (Phi) is 6.81. The van der Waals surface area contributed by atoms with Gasteiger partial charge in [-0.1, -0.05) is 44.2 Å². The van der Waals surface area contributed by atoms with Gasteiger partial charge in [0.25, 0.3) is 0 Å². The third-order valence-corrected chi connectivity index (χ3v) is 1.21. The van der Waals surface area contributed by atoms with E-state index >= 15 is 0 Å². The van der Waals surface area contributed by atoms with Crippen LogP contribution in [0.3, 0.4) is 0 Å². The summed E-state index contributed by atoms with van der Waals surface area (Å²) in [5, 5.41) is 0. The van der Waals surface area contributed by atoms with Crippen LogP contribution in [0.15, 0.2) is 37.0 Å². The maximum atomic E-state index is 3.58. The van der Waals surface area contributed by atoms with Crippen molar-refractivity contribution in [2.75, 3.05) is 0 Å². The van der Waals surface area contributed by atoms with Gasteiger partial charge in [0.05, 0.1) is 0 Å². The first-order valence-corrected chi connectivity index (χ1v) is 4.05. The van der Waals surface area contributed by atoms with Crippen LogP contribution in [0, 0.1) is 12.3 Å². The third-order valence-electron chi connectivity index (χ3n) is 1.21. The summed E-state index contributed by atoms with van der Waals surface area (Å²) in [7, 11) is 0. The number of allylic oxidation sites excluding steroid dienone is 5. The largest absolute Gasteiger partial charge is 0.102 e. The lowest BCUT2D eigenvalue weighted by atomic mass is 10.1. The molecular weight excluding hydrogens is 132 g/mol. The van der Waals surface area contributed by atoms with Crippen molar-refractivity contribution in [3.05, 3.63) is 43.4 Å². The van der Waals surface area contributed by atoms with E-state index in [1.807, 2.05) is 18.6 Å². The van der Waals surface area contributed by atoms with E-state index in [-0.39, 0.29) is 0 Å². The minimum Gasteiger partial charge on any atom is -0.102 e. The lowest BCUT2D eigenvalue weighted by Crippen LogP contribution is -1.80. The number of rotatable bonds is 5. The zero-order valence-electron chi connectivity index (χ0n) is 7.46. The Bertz CT molecular complexity index is 138. The molecule has 0 bridgehead atoms. The number of hydrogen-bond acceptors (Lipinski definition) is 0. The first kappa shape index (κ1) is 10.2. The fraction of sp³-hybridized carbons (Fsp3) is 0.364. The normalized spacial score (nSPS) is 11.9. The lowest BCUT2D eigenvalue weighted by Gasteiger charge is -1.94. The molecule has 0 aromatic heterocycles. The van der Waals surface area contributed by atoms with E-state index in [0.29, 0.717) is 0 Å². The maximum absolute atomic E-state index is 3.58. The Morgan fingerprint density at radius 3 is 2.45 bits per heavy atom. The second-order valence-corrected chi connectivity index (χ2v) is 2.87. The molecular formula is C11H17. The molecule has 0 nitrogen and oxygen atoms in total. The van der Waals surface area contributed by atoms with Crippen molar-refractivity contribution < 1.29 is 0 Å². The third kappa shape index (κ3) is 9.22. The van der Waals surface area contributed by atoms with Crippen LogP contribution >= 0.6 is 0 Å². The van der Waals surface area contributed by atoms with Gasteiger partial charge in [0.2, 0.25) is 0 Å². The van der Waals surface area contributed by atoms with Gasteiger partial charge in [-0.3, -0.25) is 0 Å². The van der Waals surface area contributed by atoms with Crippen molar-refractivity contribution in [1.82, 2.24) is 0 Å². The first-order chi connectivity index (χ1) is 5.27. The minimum absolute atomic E-state index is 0.753. The molecule has 0 aromatic carbocycles. The summed E-state index contributed by atoms with van der Waals surface area (Å²) in [6, 6.07) is 0. The van der Waals surface area contributed by atoms with E-state index in [0.717, 1.165) is 12.3 Å². The smallest absolute Gasteiger partial charge is 0.00446 e. The van der Waals surface area contributed by atoms with Crippen LogP contribution in [0.4, 0.5) is 0 Å². The van der Waals surface area contributed by atoms with E-state index in [1.54, 1.807) is 6.08 Å². The van der Waals surface area contributed by atoms with Gasteiger partial charge in [-0.25, -0.2) is 0 Å². The highest BCUT2D eigenvalue weighted by molar-refractivity contribution is 5.12. The van der Waals surface area contributed by atoms with E-state index in [2.05, 4.69) is 32.6 Å². The summed E-state index contributed by atoms with van der Waals surface area (Å²) in [4.78, 5) is 0. The van der Waals surface area contributed by atoms with E-state index < -0.39 is 0 Å². The first-order valence-electron chi connectivity index (χ1n) is 4.05. The minimum atomic E-state index is 0.753. The summed E-state index contributed by atoms with van der Waals surface area (Å²) in [5.41, 5.74) is 0. The molecule has 0 atom stereocenters. The fourth-order valence-electron chi connectivity index (χ4n) is 0.636. The standard InChI is InChI=1S/C11H17/c1-4-5-6-7-8-9-10-11(2)3/h4-9,11H,1,10H2,2-3H3/b7-6-,9-8+. The van der Waals surface area contributed by atoms with Crippen molar-refractivity contribution in [2.24, 2.45) is 5.92 Å². The molecule has 0 aliphatic rings. The molecule has 0 amide bonds. The summed E-state index contributed by atoms with van der Waals surface area (Å²) in [6.45, 7) is 8.00. The molecule has 1 radical (unpaired) electrons. The Balaban J connectivity index is 3.35. The quantitative estimate of drug-likeness (QED) is 0.524. The molecule has 0 spiro atoms. The molecule has 0 N–H and O–H groups in total. The fourth-order valence-corrected chi connectivity index (χ4v) is 0.636. The van der Waals surface area contributed by atoms with Crippen LogP contribution in [-0.4, -0.2) is 0 Å². The van der Waals surface area contributed by atoms with Crippen molar-refractivity contribution in [1.29, 1.82) is 0 Å². The molecule has 0 heterocycles. The molecule has 0 aliphatic carbocycles. The van der Waals surface area contributed by atoms with Crippen molar-refractivity contribution >= 4 is 0 Å². The van der Waals surface area contributed by atoms with Crippen LogP contribution in [0.1, 0.15) is 20.3 Å². The van der Waals surface area contributed by atoms with Crippen molar-refractivity contribution in [3.63, 3.8) is 0 Å². The molecule has 0 fully saturated rings. The van der Waals surface area contributed by atoms with Crippen LogP contribution in [0.5, 0.6) is 0 Å². The zero-order valence-corrected chi connectivity index (χ0v) is 7.46. The highest BCUT2D eigenvalue weighted by Crippen LogP contribution is 1.99. The van der Waals surface area contributed by atoms with Crippen molar-refractivity contribution in [2.45, 2.75) is 20.3 Å². The van der Waals surface area contributed by atoms with Crippen LogP contribution < -0.4 is 0 Å². The second-order valence-electron chi connectivity index (χ2n) is 2.87. The molecule has 11 heavy (non-hydrogen) atoms. The Labute approximate surface area is 70.3 Å². The van der Waals surface area contributed by atoms with Gasteiger partial charge in [-0.05, 0) is 12.3 Å². The Morgan fingerprint density at radius 2 is 1.91 bits per heavy atom. The van der Waals surface area contributed by atoms with Crippen LogP contribution in [0.2, 0.25) is 0 Å². The Morgan fingerprint density at radius 1 is 1.18 bits per heavy atom. The molecule has 0 saturated carbocycles. The summed E-state index contributed by atoms with van der Waals surface area (Å²) in [5.74, 6) is 0.753. The van der Waals surface area contributed by atoms with Crippen molar-refractivity contribution in [3.8, 4) is 0 Å². The van der Waals surface area contributed by atoms with Gasteiger partial charge >= 0.3 is 0 Å². The SMILES string of the molecule is C=C[CH]/C=C\C=C\CC(C)C. The summed E-state index contributed by atoms with van der Waals surface area (Å²) < 4.78 is 0. The predicted octanol–water partition coefficient (Wildman–Crippen LogP) is 3.54. The second kappa shape index (κ2) is 7.33. The molecule has 61 valence electrons. The van der Waals surface area contributed by atoms with E-state index in [4.69, 9.17) is 0 Å². The molecule has 0 rings (SSSR count). The molecule has 0 aromatic rings. The number of hydrogen-bond donors (Lipinski definition) is 0. The lowest BCUT2D eigenvalue weighted by molar-refractivity contribution is 0.664. The monoisotopic (exact) mass is 149 g/mol. The Hall–Kier alpha value is -0.780.